The van der Waals surface area contributed by atoms with Crippen LogP contribution in [0.25, 0.3) is 0 Å². The Hall–Kier alpha value is -0.450. The molecule has 5 nitrogen and oxygen atoms in total. The van der Waals surface area contributed by atoms with E-state index in [1.165, 1.54) is 4.72 Å². The average Bonchev–Trinajstić information content (AvgIpc) is 1.98. The number of likely N-dealkylation sites (N-methyl/N-ethyl adjacent to an activating group) is 1. The zero-order valence-corrected chi connectivity index (χ0v) is 9.34. The van der Waals surface area contributed by atoms with Crippen molar-refractivity contribution in [1.29, 1.82) is 0 Å². The highest BCUT2D eigenvalue weighted by Crippen LogP contribution is 2.13. The number of thiocarbonyl (C=S) groups is 1. The van der Waals surface area contributed by atoms with E-state index in [0.29, 0.717) is 4.31 Å². The van der Waals surface area contributed by atoms with E-state index >= 15 is 0 Å². The van der Waals surface area contributed by atoms with Crippen LogP contribution in [0.4, 0.5) is 13.2 Å². The lowest BCUT2D eigenvalue weighted by Gasteiger charge is -2.17. The van der Waals surface area contributed by atoms with Gasteiger partial charge in [0.25, 0.3) is 10.2 Å². The third-order valence-electron chi connectivity index (χ3n) is 1.24. The van der Waals surface area contributed by atoms with Crippen LogP contribution < -0.4 is 10.5 Å². The second-order valence-corrected chi connectivity index (χ2v) is 5.05. The molecule has 0 aromatic carbocycles. The van der Waals surface area contributed by atoms with Crippen LogP contribution in [0.1, 0.15) is 0 Å². The van der Waals surface area contributed by atoms with Crippen molar-refractivity contribution in [2.24, 2.45) is 5.73 Å². The standard InChI is InChI=1S/C5H10F3N3O2S2/c1-11(2-4(9)14)15(12,13)10-3-5(6,7)8/h10H,2-3H2,1H3,(H2,9,14). The molecule has 0 radical (unpaired) electrons. The van der Waals surface area contributed by atoms with Crippen LogP contribution in [0, 0.1) is 0 Å². The normalized spacial score (nSPS) is 13.1. The Morgan fingerprint density at radius 3 is 2.33 bits per heavy atom. The SMILES string of the molecule is CN(CC(N)=S)S(=O)(=O)NCC(F)(F)F. The lowest BCUT2D eigenvalue weighted by atomic mass is 10.7. The number of nitrogens with zero attached hydrogens (tertiary/aromatic N) is 1. The van der Waals surface area contributed by atoms with Crippen LogP contribution in [-0.2, 0) is 10.2 Å². The van der Waals surface area contributed by atoms with Crippen LogP contribution >= 0.6 is 12.2 Å². The molecule has 0 atom stereocenters. The molecule has 0 aliphatic heterocycles. The first-order chi connectivity index (χ1) is 6.54. The summed E-state index contributed by atoms with van der Waals surface area (Å²) in [6.45, 7) is -1.94. The molecule has 0 aliphatic rings. The minimum atomic E-state index is -4.60. The monoisotopic (exact) mass is 265 g/mol. The number of nitrogens with two attached hydrogens (primary N) is 1. The van der Waals surface area contributed by atoms with Gasteiger partial charge >= 0.3 is 6.18 Å². The zero-order chi connectivity index (χ0) is 12.3. The van der Waals surface area contributed by atoms with Gasteiger partial charge in [-0.25, -0.2) is 0 Å². The molecule has 0 aromatic heterocycles. The van der Waals surface area contributed by atoms with E-state index in [9.17, 15) is 21.6 Å². The first-order valence-corrected chi connectivity index (χ1v) is 5.45. The molecule has 0 unspecified atom stereocenters. The molecule has 0 bridgehead atoms. The number of rotatable bonds is 5. The minimum Gasteiger partial charge on any atom is -0.392 e. The number of alkyl halides is 3. The summed E-state index contributed by atoms with van der Waals surface area (Å²) in [4.78, 5) is -0.130. The van der Waals surface area contributed by atoms with Gasteiger partial charge in [0.2, 0.25) is 0 Å². The van der Waals surface area contributed by atoms with Crippen molar-refractivity contribution >= 4 is 27.4 Å². The Morgan fingerprint density at radius 1 is 1.53 bits per heavy atom. The van der Waals surface area contributed by atoms with Gasteiger partial charge in [-0.3, -0.25) is 0 Å². The smallest absolute Gasteiger partial charge is 0.392 e. The van der Waals surface area contributed by atoms with Crippen LogP contribution in [-0.4, -0.2) is 44.0 Å². The maximum atomic E-state index is 11.7. The van der Waals surface area contributed by atoms with E-state index in [1.807, 2.05) is 0 Å². The Bertz CT molecular complexity index is 327. The fourth-order valence-corrected chi connectivity index (χ4v) is 1.74. The van der Waals surface area contributed by atoms with Crippen molar-refractivity contribution in [1.82, 2.24) is 9.03 Å². The fraction of sp³-hybridized carbons (Fsp3) is 0.800. The van der Waals surface area contributed by atoms with Gasteiger partial charge in [0.1, 0.15) is 6.54 Å². The van der Waals surface area contributed by atoms with Crippen molar-refractivity contribution in [2.45, 2.75) is 6.18 Å². The lowest BCUT2D eigenvalue weighted by Crippen LogP contribution is -2.45. The summed E-state index contributed by atoms with van der Waals surface area (Å²) in [5, 5.41) is 0. The van der Waals surface area contributed by atoms with E-state index in [0.717, 1.165) is 7.05 Å². The largest absolute Gasteiger partial charge is 0.402 e. The van der Waals surface area contributed by atoms with Gasteiger partial charge in [-0.2, -0.15) is 30.6 Å². The third-order valence-corrected chi connectivity index (χ3v) is 2.83. The van der Waals surface area contributed by atoms with Gasteiger partial charge in [0.05, 0.1) is 11.5 Å². The molecule has 3 N–H and O–H groups in total. The van der Waals surface area contributed by atoms with Gasteiger partial charge in [0, 0.05) is 7.05 Å². The second kappa shape index (κ2) is 5.05. The molecule has 0 saturated carbocycles. The Kier molecular flexibility index (Phi) is 4.90. The number of halogens is 3. The summed E-state index contributed by atoms with van der Waals surface area (Å²) in [6, 6.07) is 0. The van der Waals surface area contributed by atoms with Crippen molar-refractivity contribution < 1.29 is 21.6 Å². The summed E-state index contributed by atoms with van der Waals surface area (Å²) in [7, 11) is -3.13. The zero-order valence-electron chi connectivity index (χ0n) is 7.71. The van der Waals surface area contributed by atoms with Crippen molar-refractivity contribution in [3.05, 3.63) is 0 Å². The van der Waals surface area contributed by atoms with Gasteiger partial charge in [-0.1, -0.05) is 12.2 Å². The lowest BCUT2D eigenvalue weighted by molar-refractivity contribution is -0.121. The maximum absolute atomic E-state index is 11.7. The fourth-order valence-electron chi connectivity index (χ4n) is 0.588. The molecule has 0 saturated heterocycles. The van der Waals surface area contributed by atoms with Crippen LogP contribution in [0.15, 0.2) is 0 Å². The molecule has 0 fully saturated rings. The summed E-state index contributed by atoms with van der Waals surface area (Å²) in [5.41, 5.74) is 5.05. The van der Waals surface area contributed by atoms with Gasteiger partial charge in [-0.15, -0.1) is 0 Å². The molecular weight excluding hydrogens is 255 g/mol. The molecule has 0 amide bonds. The van der Waals surface area contributed by atoms with Gasteiger partial charge < -0.3 is 5.73 Å². The highest BCUT2D eigenvalue weighted by Gasteiger charge is 2.30. The second-order valence-electron chi connectivity index (χ2n) is 2.66. The van der Waals surface area contributed by atoms with Crippen molar-refractivity contribution in [3.8, 4) is 0 Å². The summed E-state index contributed by atoms with van der Waals surface area (Å²) < 4.78 is 59.3. The van der Waals surface area contributed by atoms with E-state index in [4.69, 9.17) is 5.73 Å². The first kappa shape index (κ1) is 14.6. The summed E-state index contributed by atoms with van der Waals surface area (Å²) >= 11 is 4.42. The maximum Gasteiger partial charge on any atom is 0.402 e. The summed E-state index contributed by atoms with van der Waals surface area (Å²) in [6.07, 6.45) is -4.60. The highest BCUT2D eigenvalue weighted by molar-refractivity contribution is 7.87. The minimum absolute atomic E-state index is 0.130. The van der Waals surface area contributed by atoms with Crippen LogP contribution in [0.3, 0.4) is 0 Å². The van der Waals surface area contributed by atoms with Crippen molar-refractivity contribution in [2.75, 3.05) is 20.1 Å². The van der Waals surface area contributed by atoms with Gasteiger partial charge in [-0.05, 0) is 0 Å². The third kappa shape index (κ3) is 6.60. The van der Waals surface area contributed by atoms with Gasteiger partial charge in [0.15, 0.2) is 0 Å². The highest BCUT2D eigenvalue weighted by atomic mass is 32.2. The quantitative estimate of drug-likeness (QED) is 0.663. The molecule has 0 aliphatic carbocycles. The molecule has 90 valence electrons. The first-order valence-electron chi connectivity index (χ1n) is 3.60. The van der Waals surface area contributed by atoms with E-state index in [1.54, 1.807) is 0 Å². The number of hydrogen-bond donors (Lipinski definition) is 2. The molecule has 15 heavy (non-hydrogen) atoms. The Balaban J connectivity index is 4.37. The Morgan fingerprint density at radius 2 is 2.00 bits per heavy atom. The van der Waals surface area contributed by atoms with Crippen LogP contribution in [0.2, 0.25) is 0 Å². The molecular formula is C5H10F3N3O2S2. The topological polar surface area (TPSA) is 75.4 Å². The molecule has 0 spiro atoms. The number of hydrogen-bond acceptors (Lipinski definition) is 3. The van der Waals surface area contributed by atoms with Crippen molar-refractivity contribution in [3.63, 3.8) is 0 Å². The molecule has 10 heteroatoms. The van der Waals surface area contributed by atoms with E-state index < -0.39 is 22.9 Å². The predicted octanol–water partition coefficient (Wildman–Crippen LogP) is -0.399. The molecule has 0 rings (SSSR count). The van der Waals surface area contributed by atoms with Crippen LogP contribution in [0.5, 0.6) is 0 Å². The molecule has 0 heterocycles. The van der Waals surface area contributed by atoms with E-state index in [2.05, 4.69) is 12.2 Å². The average molecular weight is 265 g/mol. The predicted molar refractivity (Wildman–Crippen MR) is 52.4 cm³/mol. The number of nitrogens with one attached hydrogen (secondary N) is 1. The van der Waals surface area contributed by atoms with E-state index in [-0.39, 0.29) is 11.5 Å². The Labute approximate surface area is 90.6 Å². The molecule has 0 aromatic rings. The summed E-state index contributed by atoms with van der Waals surface area (Å²) in [5.74, 6) is 0.